The SMILES string of the molecule is [CH2]C(O)CCCCCCc1cc(F)c(F)cc1F. The van der Waals surface area contributed by atoms with E-state index in [0.717, 1.165) is 31.7 Å². The molecule has 0 saturated carbocycles. The highest BCUT2D eigenvalue weighted by Gasteiger charge is 2.09. The molecule has 0 aliphatic rings. The molecule has 101 valence electrons. The molecule has 1 nitrogen and oxygen atoms in total. The molecule has 0 aliphatic carbocycles. The lowest BCUT2D eigenvalue weighted by molar-refractivity contribution is 0.205. The van der Waals surface area contributed by atoms with Crippen LogP contribution in [0.25, 0.3) is 0 Å². The van der Waals surface area contributed by atoms with Crippen molar-refractivity contribution in [1.82, 2.24) is 0 Å². The van der Waals surface area contributed by atoms with Gasteiger partial charge < -0.3 is 5.11 Å². The number of aliphatic hydroxyl groups is 1. The minimum atomic E-state index is -1.15. The van der Waals surface area contributed by atoms with Gasteiger partial charge in [0.05, 0.1) is 6.10 Å². The van der Waals surface area contributed by atoms with Gasteiger partial charge in [-0.3, -0.25) is 0 Å². The van der Waals surface area contributed by atoms with Crippen molar-refractivity contribution in [3.05, 3.63) is 42.1 Å². The van der Waals surface area contributed by atoms with E-state index < -0.39 is 23.6 Å². The van der Waals surface area contributed by atoms with E-state index in [0.29, 0.717) is 18.9 Å². The fourth-order valence-corrected chi connectivity index (χ4v) is 1.80. The van der Waals surface area contributed by atoms with Crippen LogP contribution in [0, 0.1) is 24.4 Å². The van der Waals surface area contributed by atoms with Crippen molar-refractivity contribution >= 4 is 0 Å². The number of halogens is 3. The van der Waals surface area contributed by atoms with Crippen molar-refractivity contribution < 1.29 is 18.3 Å². The van der Waals surface area contributed by atoms with Crippen LogP contribution < -0.4 is 0 Å². The van der Waals surface area contributed by atoms with E-state index in [1.807, 2.05) is 0 Å². The van der Waals surface area contributed by atoms with Crippen molar-refractivity contribution in [2.45, 2.75) is 44.6 Å². The molecule has 0 saturated heterocycles. The quantitative estimate of drug-likeness (QED) is 0.583. The molecule has 1 aromatic rings. The Balaban J connectivity index is 2.29. The molecule has 1 atom stereocenters. The van der Waals surface area contributed by atoms with Crippen molar-refractivity contribution in [1.29, 1.82) is 0 Å². The first-order chi connectivity index (χ1) is 8.50. The number of unbranched alkanes of at least 4 members (excludes halogenated alkanes) is 3. The molecule has 1 radical (unpaired) electrons. The number of aliphatic hydroxyl groups excluding tert-OH is 1. The van der Waals surface area contributed by atoms with Gasteiger partial charge in [0.2, 0.25) is 0 Å². The Kier molecular flexibility index (Phi) is 6.19. The third kappa shape index (κ3) is 5.08. The number of hydrogen-bond acceptors (Lipinski definition) is 1. The van der Waals surface area contributed by atoms with Crippen molar-refractivity contribution in [2.24, 2.45) is 0 Å². The number of aryl methyl sites for hydroxylation is 1. The second-order valence-electron chi connectivity index (χ2n) is 4.46. The van der Waals surface area contributed by atoms with Gasteiger partial charge in [0.15, 0.2) is 11.6 Å². The van der Waals surface area contributed by atoms with Gasteiger partial charge in [-0.1, -0.05) is 19.3 Å². The standard InChI is InChI=1S/C14H18F3O/c1-10(18)6-4-2-3-5-7-11-8-13(16)14(17)9-12(11)15/h8-10,18H,1-7H2. The van der Waals surface area contributed by atoms with E-state index in [9.17, 15) is 13.2 Å². The molecule has 0 bridgehead atoms. The van der Waals surface area contributed by atoms with Crippen molar-refractivity contribution in [3.63, 3.8) is 0 Å². The number of hydrogen-bond donors (Lipinski definition) is 1. The largest absolute Gasteiger partial charge is 0.393 e. The molecule has 1 N–H and O–H groups in total. The first kappa shape index (κ1) is 15.0. The van der Waals surface area contributed by atoms with Gasteiger partial charge >= 0.3 is 0 Å². The zero-order valence-electron chi connectivity index (χ0n) is 10.3. The summed E-state index contributed by atoms with van der Waals surface area (Å²) in [5.41, 5.74) is 0.214. The summed E-state index contributed by atoms with van der Waals surface area (Å²) in [4.78, 5) is 0. The average molecular weight is 259 g/mol. The molecule has 0 aromatic heterocycles. The summed E-state index contributed by atoms with van der Waals surface area (Å²) >= 11 is 0. The molecule has 0 fully saturated rings. The maximum atomic E-state index is 13.3. The molecule has 0 amide bonds. The Labute approximate surface area is 106 Å². The molecule has 4 heteroatoms. The van der Waals surface area contributed by atoms with Crippen LogP contribution in [0.15, 0.2) is 12.1 Å². The van der Waals surface area contributed by atoms with Crippen LogP contribution in [0.4, 0.5) is 13.2 Å². The predicted molar refractivity (Wildman–Crippen MR) is 64.5 cm³/mol. The summed E-state index contributed by atoms with van der Waals surface area (Å²) < 4.78 is 38.8. The van der Waals surface area contributed by atoms with Crippen LogP contribution in [-0.2, 0) is 6.42 Å². The first-order valence-electron chi connectivity index (χ1n) is 6.15. The normalized spacial score (nSPS) is 12.7. The van der Waals surface area contributed by atoms with E-state index in [1.165, 1.54) is 0 Å². The summed E-state index contributed by atoms with van der Waals surface area (Å²) in [5, 5.41) is 8.94. The van der Waals surface area contributed by atoms with E-state index >= 15 is 0 Å². The fourth-order valence-electron chi connectivity index (χ4n) is 1.80. The van der Waals surface area contributed by atoms with Gasteiger partial charge in [-0.2, -0.15) is 0 Å². The lowest BCUT2D eigenvalue weighted by Gasteiger charge is -2.05. The summed E-state index contributed by atoms with van der Waals surface area (Å²) in [6.07, 6.45) is 3.88. The van der Waals surface area contributed by atoms with Gasteiger partial charge in [0.1, 0.15) is 5.82 Å². The van der Waals surface area contributed by atoms with Gasteiger partial charge in [-0.05, 0) is 37.8 Å². The van der Waals surface area contributed by atoms with E-state index in [-0.39, 0.29) is 5.56 Å². The first-order valence-corrected chi connectivity index (χ1v) is 6.15. The summed E-state index contributed by atoms with van der Waals surface area (Å²) in [6.45, 7) is 3.46. The zero-order chi connectivity index (χ0) is 13.5. The number of benzene rings is 1. The average Bonchev–Trinajstić information content (AvgIpc) is 2.29. The highest BCUT2D eigenvalue weighted by Crippen LogP contribution is 2.16. The van der Waals surface area contributed by atoms with Gasteiger partial charge in [-0.25, -0.2) is 13.2 Å². The Morgan fingerprint density at radius 1 is 0.944 bits per heavy atom. The molecular weight excluding hydrogens is 241 g/mol. The fraction of sp³-hybridized carbons (Fsp3) is 0.500. The molecule has 1 rings (SSSR count). The lowest BCUT2D eigenvalue weighted by Crippen LogP contribution is -1.99. The van der Waals surface area contributed by atoms with Crippen LogP contribution >= 0.6 is 0 Å². The van der Waals surface area contributed by atoms with Crippen LogP contribution in [0.3, 0.4) is 0 Å². The Morgan fingerprint density at radius 3 is 2.22 bits per heavy atom. The van der Waals surface area contributed by atoms with Crippen molar-refractivity contribution in [2.75, 3.05) is 0 Å². The summed E-state index contributed by atoms with van der Waals surface area (Å²) in [7, 11) is 0. The van der Waals surface area contributed by atoms with Crippen LogP contribution in [-0.4, -0.2) is 11.2 Å². The van der Waals surface area contributed by atoms with E-state index in [4.69, 9.17) is 5.11 Å². The molecule has 0 spiro atoms. The maximum Gasteiger partial charge on any atom is 0.161 e. The second kappa shape index (κ2) is 7.41. The third-order valence-electron chi connectivity index (χ3n) is 2.82. The minimum Gasteiger partial charge on any atom is -0.393 e. The highest BCUT2D eigenvalue weighted by molar-refractivity contribution is 5.20. The Morgan fingerprint density at radius 2 is 1.56 bits per heavy atom. The Bertz CT molecular complexity index is 378. The van der Waals surface area contributed by atoms with Crippen molar-refractivity contribution in [3.8, 4) is 0 Å². The second-order valence-corrected chi connectivity index (χ2v) is 4.46. The van der Waals surface area contributed by atoms with E-state index in [1.54, 1.807) is 0 Å². The molecule has 0 aliphatic heterocycles. The molecule has 1 unspecified atom stereocenters. The maximum absolute atomic E-state index is 13.3. The van der Waals surface area contributed by atoms with E-state index in [2.05, 4.69) is 6.92 Å². The lowest BCUT2D eigenvalue weighted by atomic mass is 10.0. The topological polar surface area (TPSA) is 20.2 Å². The minimum absolute atomic E-state index is 0.214. The molecular formula is C14H18F3O. The molecule has 0 heterocycles. The number of rotatable bonds is 7. The third-order valence-corrected chi connectivity index (χ3v) is 2.82. The summed E-state index contributed by atoms with van der Waals surface area (Å²) in [5.74, 6) is -2.85. The van der Waals surface area contributed by atoms with Gasteiger partial charge in [0, 0.05) is 6.07 Å². The summed E-state index contributed by atoms with van der Waals surface area (Å²) in [6, 6.07) is 1.51. The van der Waals surface area contributed by atoms with Gasteiger partial charge in [-0.15, -0.1) is 0 Å². The molecule has 1 aromatic carbocycles. The van der Waals surface area contributed by atoms with Crippen LogP contribution in [0.1, 0.15) is 37.7 Å². The molecule has 18 heavy (non-hydrogen) atoms. The Hall–Kier alpha value is -1.03. The van der Waals surface area contributed by atoms with Crippen LogP contribution in [0.2, 0.25) is 0 Å². The van der Waals surface area contributed by atoms with Crippen LogP contribution in [0.5, 0.6) is 0 Å². The monoisotopic (exact) mass is 259 g/mol. The highest BCUT2D eigenvalue weighted by atomic mass is 19.2. The van der Waals surface area contributed by atoms with Gasteiger partial charge in [0.25, 0.3) is 0 Å². The predicted octanol–water partition coefficient (Wildman–Crippen LogP) is 3.79. The smallest absolute Gasteiger partial charge is 0.161 e. The zero-order valence-corrected chi connectivity index (χ0v) is 10.3.